The quantitative estimate of drug-likeness (QED) is 0.937. The van der Waals surface area contributed by atoms with E-state index in [-0.39, 0.29) is 11.5 Å². The molecule has 21 heavy (non-hydrogen) atoms. The van der Waals surface area contributed by atoms with Crippen molar-refractivity contribution in [2.45, 2.75) is 6.92 Å². The molecule has 0 radical (unpaired) electrons. The zero-order valence-electron chi connectivity index (χ0n) is 11.4. The predicted molar refractivity (Wildman–Crippen MR) is 82.2 cm³/mol. The Balaban J connectivity index is 2.33. The van der Waals surface area contributed by atoms with E-state index < -0.39 is 5.97 Å². The van der Waals surface area contributed by atoms with Gasteiger partial charge in [-0.3, -0.25) is 4.79 Å². The number of halogens is 1. The smallest absolute Gasteiger partial charge is 0.335 e. The van der Waals surface area contributed by atoms with E-state index in [9.17, 15) is 9.59 Å². The monoisotopic (exact) mass is 303 g/mol. The average Bonchev–Trinajstić information content (AvgIpc) is 2.49. The van der Waals surface area contributed by atoms with Crippen LogP contribution < -0.4 is 4.90 Å². The zero-order valence-corrected chi connectivity index (χ0v) is 12.2. The molecule has 0 aliphatic rings. The SMILES string of the molecule is CCN(C(=O)c1ccccc1Cl)c1ccc(C(=O)O)cc1. The van der Waals surface area contributed by atoms with Gasteiger partial charge in [0.1, 0.15) is 0 Å². The molecule has 1 N–H and O–H groups in total. The van der Waals surface area contributed by atoms with Gasteiger partial charge < -0.3 is 10.0 Å². The van der Waals surface area contributed by atoms with Crippen molar-refractivity contribution < 1.29 is 14.7 Å². The summed E-state index contributed by atoms with van der Waals surface area (Å²) >= 11 is 6.05. The predicted octanol–water partition coefficient (Wildman–Crippen LogP) is 3.70. The van der Waals surface area contributed by atoms with Crippen LogP contribution >= 0.6 is 11.6 Å². The number of carboxylic acids is 1. The number of nitrogens with zero attached hydrogens (tertiary/aromatic N) is 1. The first-order valence-electron chi connectivity index (χ1n) is 6.44. The summed E-state index contributed by atoms with van der Waals surface area (Å²) in [7, 11) is 0. The van der Waals surface area contributed by atoms with E-state index in [0.717, 1.165) is 0 Å². The number of anilines is 1. The molecule has 1 amide bonds. The Morgan fingerprint density at radius 2 is 1.71 bits per heavy atom. The first-order valence-corrected chi connectivity index (χ1v) is 6.82. The van der Waals surface area contributed by atoms with Gasteiger partial charge in [0, 0.05) is 12.2 Å². The second-order valence-electron chi connectivity index (χ2n) is 4.38. The molecule has 4 nitrogen and oxygen atoms in total. The Labute approximate surface area is 127 Å². The molecule has 2 aromatic rings. The standard InChI is InChI=1S/C16H14ClNO3/c1-2-18(12-9-7-11(8-10-12)16(20)21)15(19)13-5-3-4-6-14(13)17/h3-10H,2H2,1H3,(H,20,21). The van der Waals surface area contributed by atoms with Crippen LogP contribution in [0.4, 0.5) is 5.69 Å². The van der Waals surface area contributed by atoms with Crippen molar-refractivity contribution >= 4 is 29.2 Å². The normalized spacial score (nSPS) is 10.2. The largest absolute Gasteiger partial charge is 0.478 e. The van der Waals surface area contributed by atoms with E-state index in [0.29, 0.717) is 22.8 Å². The van der Waals surface area contributed by atoms with E-state index in [1.54, 1.807) is 41.3 Å². The van der Waals surface area contributed by atoms with Gasteiger partial charge in [-0.25, -0.2) is 4.79 Å². The fraction of sp³-hybridized carbons (Fsp3) is 0.125. The molecule has 0 unspecified atom stereocenters. The molecular weight excluding hydrogens is 290 g/mol. The highest BCUT2D eigenvalue weighted by atomic mass is 35.5. The van der Waals surface area contributed by atoms with Crippen LogP contribution in [0.3, 0.4) is 0 Å². The first kappa shape index (κ1) is 15.1. The number of amides is 1. The number of benzene rings is 2. The fourth-order valence-corrected chi connectivity index (χ4v) is 2.22. The van der Waals surface area contributed by atoms with E-state index in [1.807, 2.05) is 6.92 Å². The molecule has 0 saturated carbocycles. The number of carboxylic acid groups (broad SMARTS) is 1. The zero-order chi connectivity index (χ0) is 15.4. The van der Waals surface area contributed by atoms with E-state index in [1.165, 1.54) is 12.1 Å². The Bertz CT molecular complexity index is 667. The summed E-state index contributed by atoms with van der Waals surface area (Å²) in [5, 5.41) is 9.29. The minimum absolute atomic E-state index is 0.181. The molecule has 0 aromatic heterocycles. The summed E-state index contributed by atoms with van der Waals surface area (Å²) in [6, 6.07) is 13.0. The van der Waals surface area contributed by atoms with Crippen molar-refractivity contribution in [3.63, 3.8) is 0 Å². The summed E-state index contributed by atoms with van der Waals surface area (Å²) in [5.41, 5.74) is 1.23. The topological polar surface area (TPSA) is 57.6 Å². The van der Waals surface area contributed by atoms with Gasteiger partial charge in [-0.1, -0.05) is 23.7 Å². The first-order chi connectivity index (χ1) is 10.0. The lowest BCUT2D eigenvalue weighted by atomic mass is 10.1. The molecule has 0 aliphatic carbocycles. The Morgan fingerprint density at radius 1 is 1.10 bits per heavy atom. The van der Waals surface area contributed by atoms with Crippen LogP contribution in [0, 0.1) is 0 Å². The molecular formula is C16H14ClNO3. The molecule has 0 saturated heterocycles. The molecule has 5 heteroatoms. The van der Waals surface area contributed by atoms with E-state index in [2.05, 4.69) is 0 Å². The molecule has 0 heterocycles. The van der Waals surface area contributed by atoms with Crippen molar-refractivity contribution in [1.82, 2.24) is 0 Å². The van der Waals surface area contributed by atoms with Crippen LogP contribution in [0.2, 0.25) is 5.02 Å². The molecule has 2 aromatic carbocycles. The minimum Gasteiger partial charge on any atom is -0.478 e. The summed E-state index contributed by atoms with van der Waals surface area (Å²) < 4.78 is 0. The third-order valence-electron chi connectivity index (χ3n) is 3.09. The second-order valence-corrected chi connectivity index (χ2v) is 4.79. The molecule has 0 bridgehead atoms. The van der Waals surface area contributed by atoms with E-state index in [4.69, 9.17) is 16.7 Å². The Kier molecular flexibility index (Phi) is 4.60. The van der Waals surface area contributed by atoms with Gasteiger partial charge >= 0.3 is 5.97 Å². The second kappa shape index (κ2) is 6.41. The van der Waals surface area contributed by atoms with Crippen LogP contribution in [0.25, 0.3) is 0 Å². The molecule has 108 valence electrons. The number of hydrogen-bond acceptors (Lipinski definition) is 2. The number of hydrogen-bond donors (Lipinski definition) is 1. The summed E-state index contributed by atoms with van der Waals surface area (Å²) in [4.78, 5) is 24.9. The van der Waals surface area contributed by atoms with Crippen molar-refractivity contribution in [1.29, 1.82) is 0 Å². The van der Waals surface area contributed by atoms with Crippen LogP contribution in [-0.4, -0.2) is 23.5 Å². The Hall–Kier alpha value is -2.33. The van der Waals surface area contributed by atoms with Crippen molar-refractivity contribution in [2.24, 2.45) is 0 Å². The van der Waals surface area contributed by atoms with Crippen molar-refractivity contribution in [3.8, 4) is 0 Å². The summed E-state index contributed by atoms with van der Waals surface area (Å²) in [6.45, 7) is 2.30. The van der Waals surface area contributed by atoms with Gasteiger partial charge in [-0.05, 0) is 43.3 Å². The van der Waals surface area contributed by atoms with Crippen LogP contribution in [0.5, 0.6) is 0 Å². The van der Waals surface area contributed by atoms with Gasteiger partial charge in [0.15, 0.2) is 0 Å². The minimum atomic E-state index is -0.998. The number of carbonyl (C=O) groups is 2. The fourth-order valence-electron chi connectivity index (χ4n) is 2.01. The maximum absolute atomic E-state index is 12.5. The number of carbonyl (C=O) groups excluding carboxylic acids is 1. The number of rotatable bonds is 4. The molecule has 0 fully saturated rings. The van der Waals surface area contributed by atoms with Crippen LogP contribution in [-0.2, 0) is 0 Å². The molecule has 0 spiro atoms. The van der Waals surface area contributed by atoms with E-state index >= 15 is 0 Å². The van der Waals surface area contributed by atoms with Crippen molar-refractivity contribution in [2.75, 3.05) is 11.4 Å². The third kappa shape index (κ3) is 3.23. The average molecular weight is 304 g/mol. The summed E-state index contributed by atoms with van der Waals surface area (Å²) in [6.07, 6.45) is 0. The van der Waals surface area contributed by atoms with Gasteiger partial charge in [-0.15, -0.1) is 0 Å². The molecule has 0 aliphatic heterocycles. The van der Waals surface area contributed by atoms with Crippen LogP contribution in [0.1, 0.15) is 27.6 Å². The summed E-state index contributed by atoms with van der Waals surface area (Å²) in [5.74, 6) is -1.21. The van der Waals surface area contributed by atoms with Crippen molar-refractivity contribution in [3.05, 3.63) is 64.7 Å². The lowest BCUT2D eigenvalue weighted by molar-refractivity contribution is 0.0696. The van der Waals surface area contributed by atoms with Gasteiger partial charge in [0.25, 0.3) is 5.91 Å². The highest BCUT2D eigenvalue weighted by Crippen LogP contribution is 2.22. The lowest BCUT2D eigenvalue weighted by Gasteiger charge is -2.21. The Morgan fingerprint density at radius 3 is 2.24 bits per heavy atom. The number of aromatic carboxylic acids is 1. The maximum atomic E-state index is 12.5. The van der Waals surface area contributed by atoms with Crippen LogP contribution in [0.15, 0.2) is 48.5 Å². The highest BCUT2D eigenvalue weighted by Gasteiger charge is 2.18. The molecule has 2 rings (SSSR count). The van der Waals surface area contributed by atoms with Gasteiger partial charge in [0.2, 0.25) is 0 Å². The lowest BCUT2D eigenvalue weighted by Crippen LogP contribution is -2.30. The maximum Gasteiger partial charge on any atom is 0.335 e. The van der Waals surface area contributed by atoms with Gasteiger partial charge in [-0.2, -0.15) is 0 Å². The molecule has 0 atom stereocenters. The highest BCUT2D eigenvalue weighted by molar-refractivity contribution is 6.34. The van der Waals surface area contributed by atoms with Gasteiger partial charge in [0.05, 0.1) is 16.1 Å². The third-order valence-corrected chi connectivity index (χ3v) is 3.42.